The lowest BCUT2D eigenvalue weighted by Gasteiger charge is -2.32. The maximum absolute atomic E-state index is 6.46. The molecule has 1 saturated carbocycles. The van der Waals surface area contributed by atoms with Gasteiger partial charge in [-0.3, -0.25) is 0 Å². The van der Waals surface area contributed by atoms with Crippen molar-refractivity contribution in [1.29, 1.82) is 0 Å². The molecule has 1 aliphatic heterocycles. The van der Waals surface area contributed by atoms with Gasteiger partial charge in [0, 0.05) is 36.9 Å². The van der Waals surface area contributed by atoms with Crippen LogP contribution in [-0.2, 0) is 0 Å². The molecule has 4 rings (SSSR count). The average molecular weight is 416 g/mol. The number of pyridine rings is 1. The second kappa shape index (κ2) is 9.24. The fourth-order valence-electron chi connectivity index (χ4n) is 4.22. The maximum Gasteiger partial charge on any atom is 0.223 e. The van der Waals surface area contributed by atoms with Crippen LogP contribution in [0.15, 0.2) is 24.5 Å². The van der Waals surface area contributed by atoms with Crippen LogP contribution in [0, 0.1) is 0 Å². The summed E-state index contributed by atoms with van der Waals surface area (Å²) < 4.78 is 0. The van der Waals surface area contributed by atoms with Crippen LogP contribution in [0.1, 0.15) is 38.5 Å². The molecule has 2 aromatic rings. The van der Waals surface area contributed by atoms with Gasteiger partial charge in [-0.15, -0.1) is 0 Å². The molecule has 8 heteroatoms. The highest BCUT2D eigenvalue weighted by Crippen LogP contribution is 2.30. The number of hydrogen-bond acceptors (Lipinski definition) is 7. The van der Waals surface area contributed by atoms with E-state index in [4.69, 9.17) is 22.3 Å². The van der Waals surface area contributed by atoms with Crippen LogP contribution in [0.4, 0.5) is 11.8 Å². The van der Waals surface area contributed by atoms with Crippen LogP contribution in [0.3, 0.4) is 0 Å². The molecule has 0 spiro atoms. The highest BCUT2D eigenvalue weighted by atomic mass is 35.5. The molecule has 2 fully saturated rings. The van der Waals surface area contributed by atoms with Crippen molar-refractivity contribution in [3.05, 3.63) is 29.5 Å². The molecule has 2 aliphatic rings. The van der Waals surface area contributed by atoms with Gasteiger partial charge in [-0.05, 0) is 63.7 Å². The summed E-state index contributed by atoms with van der Waals surface area (Å²) in [7, 11) is 2.12. The summed E-state index contributed by atoms with van der Waals surface area (Å²) in [6, 6.07) is 5.20. The van der Waals surface area contributed by atoms with E-state index < -0.39 is 0 Å². The zero-order valence-corrected chi connectivity index (χ0v) is 17.7. The minimum atomic E-state index is 0.321. The Bertz CT molecular complexity index is 816. The van der Waals surface area contributed by atoms with Gasteiger partial charge in [0.2, 0.25) is 5.95 Å². The Labute approximate surface area is 177 Å². The smallest absolute Gasteiger partial charge is 0.223 e. The molecule has 3 heterocycles. The average Bonchev–Trinajstić information content (AvgIpc) is 2.77. The lowest BCUT2D eigenvalue weighted by atomic mass is 9.92. The monoisotopic (exact) mass is 415 g/mol. The molecule has 29 heavy (non-hydrogen) atoms. The summed E-state index contributed by atoms with van der Waals surface area (Å²) in [5, 5.41) is 7.42. The minimum Gasteiger partial charge on any atom is -0.357 e. The van der Waals surface area contributed by atoms with Gasteiger partial charge in [0.1, 0.15) is 5.82 Å². The number of anilines is 2. The lowest BCUT2D eigenvalue weighted by molar-refractivity contribution is 0.410. The fraction of sp³-hybridized carbons (Fsp3) is 0.571. The number of piperidine rings is 1. The number of hydrogen-bond donors (Lipinski definition) is 3. The fourth-order valence-corrected chi connectivity index (χ4v) is 4.43. The second-order valence-electron chi connectivity index (χ2n) is 8.14. The highest BCUT2D eigenvalue weighted by molar-refractivity contribution is 6.32. The highest BCUT2D eigenvalue weighted by Gasteiger charge is 2.21. The molecule has 0 atom stereocenters. The van der Waals surface area contributed by atoms with E-state index in [1.54, 1.807) is 6.20 Å². The predicted octanol–water partition coefficient (Wildman–Crippen LogP) is 3.06. The van der Waals surface area contributed by atoms with Crippen molar-refractivity contribution in [1.82, 2.24) is 20.3 Å². The number of halogens is 1. The Morgan fingerprint density at radius 2 is 1.90 bits per heavy atom. The normalized spacial score (nSPS) is 23.0. The van der Waals surface area contributed by atoms with E-state index in [1.165, 1.54) is 0 Å². The van der Waals surface area contributed by atoms with E-state index in [0.29, 0.717) is 29.1 Å². The third-order valence-corrected chi connectivity index (χ3v) is 6.36. The zero-order valence-electron chi connectivity index (χ0n) is 16.9. The maximum atomic E-state index is 6.46. The van der Waals surface area contributed by atoms with Gasteiger partial charge in [-0.25, -0.2) is 15.0 Å². The molecule has 1 aliphatic carbocycles. The quantitative estimate of drug-likeness (QED) is 0.691. The number of aromatic nitrogens is 3. The van der Waals surface area contributed by atoms with Crippen LogP contribution in [0.5, 0.6) is 0 Å². The standard InChI is InChI=1S/C21H30ClN7/c1-29(17-7-9-24-10-8-17)19-12-14(6-11-25-19)20-18(22)13-26-21(28-20)27-16-4-2-15(23)3-5-16/h6,11-13,15-17,24H,2-5,7-10,23H2,1H3,(H,26,27,28). The summed E-state index contributed by atoms with van der Waals surface area (Å²) in [4.78, 5) is 16.0. The molecule has 7 nitrogen and oxygen atoms in total. The molecule has 0 unspecified atom stereocenters. The first-order chi connectivity index (χ1) is 14.1. The topological polar surface area (TPSA) is 92.0 Å². The summed E-state index contributed by atoms with van der Waals surface area (Å²) in [6.45, 7) is 2.10. The number of nitrogens with zero attached hydrogens (tertiary/aromatic N) is 4. The minimum absolute atomic E-state index is 0.321. The van der Waals surface area contributed by atoms with E-state index in [2.05, 4.69) is 38.6 Å². The molecule has 4 N–H and O–H groups in total. The van der Waals surface area contributed by atoms with Gasteiger partial charge < -0.3 is 21.3 Å². The molecule has 1 saturated heterocycles. The van der Waals surface area contributed by atoms with Gasteiger partial charge in [0.15, 0.2) is 0 Å². The van der Waals surface area contributed by atoms with Crippen LogP contribution in [-0.4, -0.2) is 53.2 Å². The van der Waals surface area contributed by atoms with Gasteiger partial charge in [-0.2, -0.15) is 0 Å². The molecular formula is C21H30ClN7. The van der Waals surface area contributed by atoms with Crippen molar-refractivity contribution in [3.63, 3.8) is 0 Å². The molecule has 0 amide bonds. The Morgan fingerprint density at radius 3 is 2.66 bits per heavy atom. The van der Waals surface area contributed by atoms with Crippen molar-refractivity contribution in [2.75, 3.05) is 30.4 Å². The van der Waals surface area contributed by atoms with Crippen LogP contribution >= 0.6 is 11.6 Å². The Morgan fingerprint density at radius 1 is 1.14 bits per heavy atom. The second-order valence-corrected chi connectivity index (χ2v) is 8.55. The van der Waals surface area contributed by atoms with Gasteiger partial charge >= 0.3 is 0 Å². The third-order valence-electron chi connectivity index (χ3n) is 6.09. The molecule has 0 aromatic carbocycles. The molecular weight excluding hydrogens is 386 g/mol. The van der Waals surface area contributed by atoms with Gasteiger partial charge in [-0.1, -0.05) is 11.6 Å². The van der Waals surface area contributed by atoms with Gasteiger partial charge in [0.25, 0.3) is 0 Å². The van der Waals surface area contributed by atoms with Crippen molar-refractivity contribution >= 4 is 23.4 Å². The first-order valence-corrected chi connectivity index (χ1v) is 10.9. The predicted molar refractivity (Wildman–Crippen MR) is 118 cm³/mol. The lowest BCUT2D eigenvalue weighted by Crippen LogP contribution is -2.41. The number of rotatable bonds is 5. The van der Waals surface area contributed by atoms with E-state index >= 15 is 0 Å². The molecule has 156 valence electrons. The van der Waals surface area contributed by atoms with E-state index in [-0.39, 0.29) is 0 Å². The molecule has 0 radical (unpaired) electrons. The number of nitrogens with two attached hydrogens (primary N) is 1. The molecule has 0 bridgehead atoms. The SMILES string of the molecule is CN(c1cc(-c2nc(NC3CCC(N)CC3)ncc2Cl)ccn1)C1CCNCC1. The van der Waals surface area contributed by atoms with Crippen LogP contribution in [0.25, 0.3) is 11.3 Å². The summed E-state index contributed by atoms with van der Waals surface area (Å²) in [5.74, 6) is 1.56. The van der Waals surface area contributed by atoms with Crippen molar-refractivity contribution in [2.45, 2.75) is 56.7 Å². The van der Waals surface area contributed by atoms with E-state index in [9.17, 15) is 0 Å². The van der Waals surface area contributed by atoms with Crippen molar-refractivity contribution in [3.8, 4) is 11.3 Å². The first kappa shape index (κ1) is 20.3. The summed E-state index contributed by atoms with van der Waals surface area (Å²) in [5.41, 5.74) is 7.70. The van der Waals surface area contributed by atoms with Crippen molar-refractivity contribution in [2.24, 2.45) is 5.73 Å². The van der Waals surface area contributed by atoms with E-state index in [0.717, 1.165) is 68.7 Å². The van der Waals surface area contributed by atoms with Crippen LogP contribution < -0.4 is 21.3 Å². The third kappa shape index (κ3) is 4.97. The zero-order chi connectivity index (χ0) is 20.2. The summed E-state index contributed by atoms with van der Waals surface area (Å²) in [6.07, 6.45) is 9.91. The molecule has 2 aromatic heterocycles. The van der Waals surface area contributed by atoms with Crippen LogP contribution in [0.2, 0.25) is 5.02 Å². The summed E-state index contributed by atoms with van der Waals surface area (Å²) >= 11 is 6.46. The first-order valence-electron chi connectivity index (χ1n) is 10.5. The Kier molecular flexibility index (Phi) is 6.47. The Hall–Kier alpha value is -1.96. The number of nitrogens with one attached hydrogen (secondary N) is 2. The van der Waals surface area contributed by atoms with E-state index in [1.807, 2.05) is 12.3 Å². The Balaban J connectivity index is 1.53. The largest absolute Gasteiger partial charge is 0.357 e. The van der Waals surface area contributed by atoms with Gasteiger partial charge in [0.05, 0.1) is 16.9 Å². The van der Waals surface area contributed by atoms with Crippen molar-refractivity contribution < 1.29 is 0 Å².